The molecule has 0 atom stereocenters. The van der Waals surface area contributed by atoms with E-state index in [9.17, 15) is 0 Å². The highest BCUT2D eigenvalue weighted by atomic mass is 14.7. The number of nitrogens with zero attached hydrogens (tertiary/aromatic N) is 1. The molecule has 0 spiro atoms. The van der Waals surface area contributed by atoms with Crippen LogP contribution in [0.3, 0.4) is 0 Å². The van der Waals surface area contributed by atoms with Crippen molar-refractivity contribution in [2.75, 3.05) is 6.54 Å². The topological polar surface area (TPSA) is 12.4 Å². The number of hydrogen-bond donors (Lipinski definition) is 0. The second-order valence-electron chi connectivity index (χ2n) is 2.26. The van der Waals surface area contributed by atoms with Gasteiger partial charge in [-0.2, -0.15) is 0 Å². The van der Waals surface area contributed by atoms with E-state index in [2.05, 4.69) is 24.1 Å². The molecule has 0 fully saturated rings. The van der Waals surface area contributed by atoms with Gasteiger partial charge in [-0.05, 0) is 19.9 Å². The van der Waals surface area contributed by atoms with Crippen LogP contribution in [0.25, 0.3) is 0 Å². The minimum Gasteiger partial charge on any atom is -0.286 e. The zero-order valence-electron chi connectivity index (χ0n) is 5.89. The van der Waals surface area contributed by atoms with E-state index in [1.165, 1.54) is 5.57 Å². The van der Waals surface area contributed by atoms with Gasteiger partial charge in [-0.15, -0.1) is 0 Å². The van der Waals surface area contributed by atoms with Crippen molar-refractivity contribution in [2.24, 2.45) is 4.99 Å². The highest BCUT2D eigenvalue weighted by molar-refractivity contribution is 5.93. The van der Waals surface area contributed by atoms with Crippen molar-refractivity contribution in [3.05, 3.63) is 23.8 Å². The molecule has 1 aliphatic rings. The highest BCUT2D eigenvalue weighted by Crippen LogP contribution is 1.99. The normalized spacial score (nSPS) is 18.4. The molecule has 0 aromatic carbocycles. The summed E-state index contributed by atoms with van der Waals surface area (Å²) in [6.45, 7) is 4.94. The average Bonchev–Trinajstić information content (AvgIpc) is 1.97. The van der Waals surface area contributed by atoms with E-state index in [1.54, 1.807) is 0 Å². The third-order valence-corrected chi connectivity index (χ3v) is 1.34. The van der Waals surface area contributed by atoms with Crippen LogP contribution in [-0.4, -0.2) is 12.3 Å². The monoisotopic (exact) mass is 121 g/mol. The number of aliphatic imine (C=N–C) groups is 1. The largest absolute Gasteiger partial charge is 0.286 e. The van der Waals surface area contributed by atoms with Crippen LogP contribution < -0.4 is 0 Å². The zero-order chi connectivity index (χ0) is 6.69. The first kappa shape index (κ1) is 6.27. The molecule has 0 bridgehead atoms. The summed E-state index contributed by atoms with van der Waals surface area (Å²) >= 11 is 0. The van der Waals surface area contributed by atoms with Gasteiger partial charge < -0.3 is 0 Å². The second-order valence-corrected chi connectivity index (χ2v) is 2.26. The molecular weight excluding hydrogens is 110 g/mol. The van der Waals surface area contributed by atoms with Crippen LogP contribution in [0.4, 0.5) is 0 Å². The molecule has 1 nitrogen and oxygen atoms in total. The Balaban J connectivity index is 2.75. The van der Waals surface area contributed by atoms with Crippen molar-refractivity contribution in [3.8, 4) is 0 Å². The molecular formula is C8H11N. The molecule has 0 unspecified atom stereocenters. The summed E-state index contributed by atoms with van der Waals surface area (Å²) < 4.78 is 0. The maximum atomic E-state index is 4.23. The zero-order valence-corrected chi connectivity index (χ0v) is 5.89. The molecule has 1 heteroatoms. The van der Waals surface area contributed by atoms with Crippen molar-refractivity contribution in [1.82, 2.24) is 0 Å². The van der Waals surface area contributed by atoms with E-state index in [4.69, 9.17) is 0 Å². The van der Waals surface area contributed by atoms with E-state index < -0.39 is 0 Å². The first-order chi connectivity index (χ1) is 4.29. The molecule has 48 valence electrons. The van der Waals surface area contributed by atoms with Crippen LogP contribution in [-0.2, 0) is 0 Å². The molecule has 0 amide bonds. The summed E-state index contributed by atoms with van der Waals surface area (Å²) in [6, 6.07) is 0. The Labute approximate surface area is 55.8 Å². The Bertz CT molecular complexity index is 165. The summed E-state index contributed by atoms with van der Waals surface area (Å²) in [5, 5.41) is 0. The van der Waals surface area contributed by atoms with Gasteiger partial charge in [-0.1, -0.05) is 17.7 Å². The lowest BCUT2D eigenvalue weighted by molar-refractivity contribution is 1.23. The summed E-state index contributed by atoms with van der Waals surface area (Å²) in [6.07, 6.45) is 6.25. The molecule has 9 heavy (non-hydrogen) atoms. The van der Waals surface area contributed by atoms with Crippen LogP contribution in [0.5, 0.6) is 0 Å². The molecule has 0 radical (unpaired) electrons. The predicted molar refractivity (Wildman–Crippen MR) is 40.9 cm³/mol. The molecule has 0 saturated heterocycles. The molecule has 0 N–H and O–H groups in total. The van der Waals surface area contributed by atoms with Gasteiger partial charge in [0.1, 0.15) is 0 Å². The fraction of sp³-hybridized carbons (Fsp3) is 0.375. The fourth-order valence-corrected chi connectivity index (χ4v) is 0.706. The number of hydrogen-bond acceptors (Lipinski definition) is 1. The minimum absolute atomic E-state index is 0.838. The average molecular weight is 121 g/mol. The summed E-state index contributed by atoms with van der Waals surface area (Å²) in [5.74, 6) is 0. The maximum Gasteiger partial charge on any atom is 0.0579 e. The van der Waals surface area contributed by atoms with Crippen LogP contribution in [0.1, 0.15) is 13.8 Å². The van der Waals surface area contributed by atoms with Crippen LogP contribution in [0.15, 0.2) is 28.8 Å². The Morgan fingerprint density at radius 2 is 2.11 bits per heavy atom. The fourth-order valence-electron chi connectivity index (χ4n) is 0.706. The molecule has 1 rings (SSSR count). The third-order valence-electron chi connectivity index (χ3n) is 1.34. The van der Waals surface area contributed by atoms with Crippen molar-refractivity contribution in [3.63, 3.8) is 0 Å². The lowest BCUT2D eigenvalue weighted by Crippen LogP contribution is -1.82. The third kappa shape index (κ3) is 1.84. The van der Waals surface area contributed by atoms with Crippen molar-refractivity contribution in [1.29, 1.82) is 0 Å². The van der Waals surface area contributed by atoms with E-state index in [0.29, 0.717) is 0 Å². The maximum absolute atomic E-state index is 4.23. The van der Waals surface area contributed by atoms with Crippen molar-refractivity contribution in [2.45, 2.75) is 13.8 Å². The van der Waals surface area contributed by atoms with Gasteiger partial charge in [0, 0.05) is 5.71 Å². The summed E-state index contributed by atoms with van der Waals surface area (Å²) in [5.41, 5.74) is 2.42. The Hall–Kier alpha value is -0.850. The molecule has 1 aliphatic heterocycles. The Morgan fingerprint density at radius 3 is 2.89 bits per heavy atom. The van der Waals surface area contributed by atoms with Crippen LogP contribution in [0.2, 0.25) is 0 Å². The van der Waals surface area contributed by atoms with Crippen molar-refractivity contribution >= 4 is 5.71 Å². The Kier molecular flexibility index (Phi) is 1.83. The molecule has 1 heterocycles. The van der Waals surface area contributed by atoms with Gasteiger partial charge in [0.25, 0.3) is 0 Å². The Morgan fingerprint density at radius 1 is 1.33 bits per heavy atom. The summed E-state index contributed by atoms with van der Waals surface area (Å²) in [7, 11) is 0. The van der Waals surface area contributed by atoms with Gasteiger partial charge in [0.05, 0.1) is 6.54 Å². The molecule has 0 saturated carbocycles. The van der Waals surface area contributed by atoms with Crippen LogP contribution >= 0.6 is 0 Å². The first-order valence-corrected chi connectivity index (χ1v) is 3.15. The van der Waals surface area contributed by atoms with E-state index in [1.807, 2.05) is 13.0 Å². The second kappa shape index (κ2) is 2.62. The van der Waals surface area contributed by atoms with Gasteiger partial charge in [-0.3, -0.25) is 4.99 Å². The number of allylic oxidation sites excluding steroid dienone is 3. The van der Waals surface area contributed by atoms with E-state index in [0.717, 1.165) is 12.3 Å². The standard InChI is InChI=1S/C8H11N/c1-7-3-4-8(2)9-6-5-7/h3-5H,6H2,1-2H3. The van der Waals surface area contributed by atoms with Gasteiger partial charge in [0.2, 0.25) is 0 Å². The van der Waals surface area contributed by atoms with Crippen molar-refractivity contribution < 1.29 is 0 Å². The molecule has 0 aromatic heterocycles. The predicted octanol–water partition coefficient (Wildman–Crippen LogP) is 1.96. The van der Waals surface area contributed by atoms with Gasteiger partial charge in [-0.25, -0.2) is 0 Å². The SMILES string of the molecule is CC1=CCN=C(C)C=C1. The van der Waals surface area contributed by atoms with Gasteiger partial charge >= 0.3 is 0 Å². The quantitative estimate of drug-likeness (QED) is 0.464. The van der Waals surface area contributed by atoms with E-state index in [-0.39, 0.29) is 0 Å². The highest BCUT2D eigenvalue weighted by Gasteiger charge is 1.88. The van der Waals surface area contributed by atoms with Gasteiger partial charge in [0.15, 0.2) is 0 Å². The summed E-state index contributed by atoms with van der Waals surface area (Å²) in [4.78, 5) is 4.23. The van der Waals surface area contributed by atoms with Crippen LogP contribution in [0, 0.1) is 0 Å². The first-order valence-electron chi connectivity index (χ1n) is 3.15. The number of rotatable bonds is 0. The lowest BCUT2D eigenvalue weighted by atomic mass is 10.2. The minimum atomic E-state index is 0.838. The molecule has 0 aromatic rings. The van der Waals surface area contributed by atoms with E-state index >= 15 is 0 Å². The smallest absolute Gasteiger partial charge is 0.0579 e. The lowest BCUT2D eigenvalue weighted by Gasteiger charge is -1.83. The molecule has 0 aliphatic carbocycles.